The van der Waals surface area contributed by atoms with E-state index in [1.165, 1.54) is 0 Å². The molecule has 0 aliphatic heterocycles. The second kappa shape index (κ2) is 4.21. The maximum atomic E-state index is 8.60. The molecule has 0 radical (unpaired) electrons. The average molecular weight is 174 g/mol. The first-order valence-corrected chi connectivity index (χ1v) is 3.79. The topological polar surface area (TPSA) is 52.3 Å². The number of pyridine rings is 1. The molecule has 0 atom stereocenters. The molecule has 0 aliphatic rings. The van der Waals surface area contributed by atoms with Gasteiger partial charge in [0.25, 0.3) is 0 Å². The number of nitriles is 1. The minimum absolute atomic E-state index is 0.549. The molecule has 0 bridgehead atoms. The van der Waals surface area contributed by atoms with Crippen LogP contribution in [-0.4, -0.2) is 30.3 Å². The monoisotopic (exact) mass is 174 g/mol. The van der Waals surface area contributed by atoms with E-state index in [4.69, 9.17) is 5.26 Å². The molecular formula is C9H10N4. The first kappa shape index (κ1) is 9.20. The van der Waals surface area contributed by atoms with Gasteiger partial charge in [-0.05, 0) is 6.07 Å². The van der Waals surface area contributed by atoms with E-state index < -0.39 is 0 Å². The Morgan fingerprint density at radius 1 is 1.62 bits per heavy atom. The molecule has 1 rings (SSSR count). The number of hydrogen-bond donors (Lipinski definition) is 0. The molecule has 4 nitrogen and oxygen atoms in total. The van der Waals surface area contributed by atoms with Crippen molar-refractivity contribution in [3.05, 3.63) is 23.9 Å². The van der Waals surface area contributed by atoms with E-state index in [0.717, 1.165) is 0 Å². The number of nitrogens with zero attached hydrogens (tertiary/aromatic N) is 4. The van der Waals surface area contributed by atoms with Gasteiger partial charge < -0.3 is 4.90 Å². The van der Waals surface area contributed by atoms with Gasteiger partial charge in [0.1, 0.15) is 0 Å². The van der Waals surface area contributed by atoms with Gasteiger partial charge in [-0.25, -0.2) is 9.98 Å². The highest BCUT2D eigenvalue weighted by Crippen LogP contribution is 2.08. The summed E-state index contributed by atoms with van der Waals surface area (Å²) in [6, 6.07) is 5.31. The summed E-state index contributed by atoms with van der Waals surface area (Å²) in [6.45, 7) is 0. The predicted octanol–water partition coefficient (Wildman–Crippen LogP) is 1.17. The third-order valence-corrected chi connectivity index (χ3v) is 1.30. The summed E-state index contributed by atoms with van der Waals surface area (Å²) in [6.07, 6.45) is 3.21. The van der Waals surface area contributed by atoms with Crippen LogP contribution >= 0.6 is 0 Å². The molecule has 0 saturated heterocycles. The Bertz CT molecular complexity index is 349. The molecule has 4 heteroatoms. The van der Waals surface area contributed by atoms with Gasteiger partial charge >= 0.3 is 0 Å². The molecule has 66 valence electrons. The fraction of sp³-hybridized carbons (Fsp3) is 0.222. The van der Waals surface area contributed by atoms with E-state index in [0.29, 0.717) is 11.4 Å². The molecule has 0 amide bonds. The van der Waals surface area contributed by atoms with Gasteiger partial charge in [0.05, 0.1) is 18.0 Å². The number of aromatic nitrogens is 1. The lowest BCUT2D eigenvalue weighted by molar-refractivity contribution is 0.643. The Labute approximate surface area is 77.2 Å². The highest BCUT2D eigenvalue weighted by molar-refractivity contribution is 5.59. The van der Waals surface area contributed by atoms with E-state index in [1.54, 1.807) is 29.6 Å². The molecule has 0 aliphatic carbocycles. The molecule has 0 aromatic carbocycles. The average Bonchev–Trinajstić information content (AvgIpc) is 2.15. The SMILES string of the molecule is CN(C)/C=N\c1cc(C#N)ccn1. The van der Waals surface area contributed by atoms with Gasteiger partial charge in [-0.3, -0.25) is 0 Å². The van der Waals surface area contributed by atoms with Crippen molar-refractivity contribution in [2.75, 3.05) is 14.1 Å². The normalized spacial score (nSPS) is 9.92. The summed E-state index contributed by atoms with van der Waals surface area (Å²) in [7, 11) is 3.75. The zero-order valence-corrected chi connectivity index (χ0v) is 7.60. The van der Waals surface area contributed by atoms with E-state index in [2.05, 4.69) is 9.98 Å². The van der Waals surface area contributed by atoms with Gasteiger partial charge in [-0.15, -0.1) is 0 Å². The summed E-state index contributed by atoms with van der Waals surface area (Å²) in [5.74, 6) is 0.549. The molecule has 0 N–H and O–H groups in total. The molecule has 13 heavy (non-hydrogen) atoms. The lowest BCUT2D eigenvalue weighted by atomic mass is 10.3. The van der Waals surface area contributed by atoms with Crippen LogP contribution in [0.15, 0.2) is 23.3 Å². The van der Waals surface area contributed by atoms with E-state index in [9.17, 15) is 0 Å². The highest BCUT2D eigenvalue weighted by Gasteiger charge is 1.92. The van der Waals surface area contributed by atoms with Gasteiger partial charge in [-0.2, -0.15) is 5.26 Å². The maximum absolute atomic E-state index is 8.60. The molecule has 1 aromatic heterocycles. The van der Waals surface area contributed by atoms with Crippen LogP contribution in [0.3, 0.4) is 0 Å². The van der Waals surface area contributed by atoms with Crippen molar-refractivity contribution in [2.24, 2.45) is 4.99 Å². The van der Waals surface area contributed by atoms with E-state index in [-0.39, 0.29) is 0 Å². The van der Waals surface area contributed by atoms with E-state index >= 15 is 0 Å². The first-order valence-electron chi connectivity index (χ1n) is 3.79. The summed E-state index contributed by atoms with van der Waals surface area (Å²) in [5.41, 5.74) is 0.570. The van der Waals surface area contributed by atoms with Crippen molar-refractivity contribution in [1.29, 1.82) is 5.26 Å². The standard InChI is InChI=1S/C9H10N4/c1-13(2)7-12-9-5-8(6-10)3-4-11-9/h3-5,7H,1-2H3/b12-7-. The molecule has 0 saturated carbocycles. The third-order valence-electron chi connectivity index (χ3n) is 1.30. The van der Waals surface area contributed by atoms with Crippen LogP contribution < -0.4 is 0 Å². The van der Waals surface area contributed by atoms with Crippen LogP contribution in [0, 0.1) is 11.3 Å². The van der Waals surface area contributed by atoms with Crippen molar-refractivity contribution in [1.82, 2.24) is 9.88 Å². The van der Waals surface area contributed by atoms with Crippen molar-refractivity contribution in [3.8, 4) is 6.07 Å². The molecule has 0 unspecified atom stereocenters. The lowest BCUT2D eigenvalue weighted by Gasteiger charge is -2.01. The number of aliphatic imine (C=N–C) groups is 1. The zero-order chi connectivity index (χ0) is 9.68. The molecular weight excluding hydrogens is 164 g/mol. The van der Waals surface area contributed by atoms with Crippen molar-refractivity contribution in [3.63, 3.8) is 0 Å². The summed E-state index contributed by atoms with van der Waals surface area (Å²) in [4.78, 5) is 9.84. The Hall–Kier alpha value is -1.89. The summed E-state index contributed by atoms with van der Waals surface area (Å²) >= 11 is 0. The van der Waals surface area contributed by atoms with Gasteiger partial charge in [0.15, 0.2) is 5.82 Å². The van der Waals surface area contributed by atoms with Gasteiger partial charge in [-0.1, -0.05) is 0 Å². The van der Waals surface area contributed by atoms with Crippen LogP contribution in [-0.2, 0) is 0 Å². The predicted molar refractivity (Wildman–Crippen MR) is 50.8 cm³/mol. The molecule has 0 spiro atoms. The van der Waals surface area contributed by atoms with Crippen LogP contribution in [0.1, 0.15) is 5.56 Å². The molecule has 1 heterocycles. The second-order valence-electron chi connectivity index (χ2n) is 2.72. The van der Waals surface area contributed by atoms with Crippen molar-refractivity contribution >= 4 is 12.2 Å². The highest BCUT2D eigenvalue weighted by atomic mass is 15.1. The summed E-state index contributed by atoms with van der Waals surface area (Å²) in [5, 5.41) is 8.60. The Morgan fingerprint density at radius 3 is 3.00 bits per heavy atom. The number of hydrogen-bond acceptors (Lipinski definition) is 3. The quantitative estimate of drug-likeness (QED) is 0.499. The lowest BCUT2D eigenvalue weighted by Crippen LogP contribution is -2.07. The van der Waals surface area contributed by atoms with Crippen LogP contribution in [0.2, 0.25) is 0 Å². The molecule has 0 fully saturated rings. The summed E-state index contributed by atoms with van der Waals surface area (Å²) < 4.78 is 0. The second-order valence-corrected chi connectivity index (χ2v) is 2.72. The number of rotatable bonds is 2. The van der Waals surface area contributed by atoms with Crippen LogP contribution in [0.25, 0.3) is 0 Å². The van der Waals surface area contributed by atoms with Gasteiger partial charge in [0, 0.05) is 26.4 Å². The largest absolute Gasteiger partial charge is 0.369 e. The Kier molecular flexibility index (Phi) is 2.98. The van der Waals surface area contributed by atoms with Crippen LogP contribution in [0.4, 0.5) is 5.82 Å². The first-order chi connectivity index (χ1) is 6.22. The van der Waals surface area contributed by atoms with Crippen molar-refractivity contribution in [2.45, 2.75) is 0 Å². The zero-order valence-electron chi connectivity index (χ0n) is 7.60. The Balaban J connectivity index is 2.85. The van der Waals surface area contributed by atoms with Crippen molar-refractivity contribution < 1.29 is 0 Å². The minimum atomic E-state index is 0.549. The van der Waals surface area contributed by atoms with Crippen LogP contribution in [0.5, 0.6) is 0 Å². The smallest absolute Gasteiger partial charge is 0.154 e. The third kappa shape index (κ3) is 2.91. The maximum Gasteiger partial charge on any atom is 0.154 e. The van der Waals surface area contributed by atoms with E-state index in [1.807, 2.05) is 20.2 Å². The fourth-order valence-corrected chi connectivity index (χ4v) is 0.733. The minimum Gasteiger partial charge on any atom is -0.369 e. The molecule has 1 aromatic rings. The fourth-order valence-electron chi connectivity index (χ4n) is 0.733. The Morgan fingerprint density at radius 2 is 2.38 bits per heavy atom. The van der Waals surface area contributed by atoms with Gasteiger partial charge in [0.2, 0.25) is 0 Å².